The molecule has 1 amide bonds. The Kier molecular flexibility index (Phi) is 4.77. The largest absolute Gasteiger partial charge is 0.351 e. The first-order valence-corrected chi connectivity index (χ1v) is 6.85. The molecule has 0 unspecified atom stereocenters. The molecule has 1 saturated carbocycles. The molecule has 1 aliphatic carbocycles. The number of hydrogen-bond acceptors (Lipinski definition) is 2. The number of nitrogens with one attached hydrogen (secondary N) is 1. The predicted octanol–water partition coefficient (Wildman–Crippen LogP) is 2.58. The third kappa shape index (κ3) is 3.67. The molecule has 0 radical (unpaired) electrons. The molecule has 1 aromatic rings. The smallest absolute Gasteiger partial charge is 0.234 e. The summed E-state index contributed by atoms with van der Waals surface area (Å²) in [4.78, 5) is 13.8. The monoisotopic (exact) mass is 284 g/mol. The van der Waals surface area contributed by atoms with Crippen LogP contribution in [0.25, 0.3) is 0 Å². The summed E-state index contributed by atoms with van der Waals surface area (Å²) in [5.74, 6) is -0.550. The average Bonchev–Trinajstić information content (AvgIpc) is 2.28. The van der Waals surface area contributed by atoms with E-state index in [4.69, 9.17) is 11.6 Å². The van der Waals surface area contributed by atoms with E-state index < -0.39 is 5.82 Å². The Bertz CT molecular complexity index is 463. The van der Waals surface area contributed by atoms with E-state index in [0.29, 0.717) is 18.2 Å². The van der Waals surface area contributed by atoms with Gasteiger partial charge in [-0.05, 0) is 26.0 Å². The fourth-order valence-electron chi connectivity index (χ4n) is 2.12. The Morgan fingerprint density at radius 1 is 1.53 bits per heavy atom. The van der Waals surface area contributed by atoms with Gasteiger partial charge in [0.2, 0.25) is 5.91 Å². The lowest BCUT2D eigenvalue weighted by Gasteiger charge is -2.34. The van der Waals surface area contributed by atoms with Crippen molar-refractivity contribution < 1.29 is 9.18 Å². The number of amides is 1. The molecule has 1 aromatic carbocycles. The zero-order valence-corrected chi connectivity index (χ0v) is 11.7. The molecule has 0 bridgehead atoms. The minimum absolute atomic E-state index is 0.0818. The Balaban J connectivity index is 1.81. The van der Waals surface area contributed by atoms with Gasteiger partial charge < -0.3 is 5.32 Å². The summed E-state index contributed by atoms with van der Waals surface area (Å²) in [6.07, 6.45) is 3.56. The summed E-state index contributed by atoms with van der Waals surface area (Å²) in [5, 5.41) is 2.80. The molecule has 1 aliphatic rings. The van der Waals surface area contributed by atoms with Crippen LogP contribution in [0.3, 0.4) is 0 Å². The molecule has 0 atom stereocenters. The summed E-state index contributed by atoms with van der Waals surface area (Å²) >= 11 is 5.69. The lowest BCUT2D eigenvalue weighted by atomic mass is 9.92. The SMILES string of the molecule is CN(CC(=O)NCc1cccc(Cl)c1F)C1CCC1. The minimum atomic E-state index is -0.461. The Morgan fingerprint density at radius 2 is 2.26 bits per heavy atom. The Morgan fingerprint density at radius 3 is 2.89 bits per heavy atom. The van der Waals surface area contributed by atoms with Crippen LogP contribution in [0.2, 0.25) is 5.02 Å². The van der Waals surface area contributed by atoms with Crippen LogP contribution in [-0.4, -0.2) is 30.4 Å². The van der Waals surface area contributed by atoms with Crippen LogP contribution in [0, 0.1) is 5.82 Å². The van der Waals surface area contributed by atoms with Gasteiger partial charge in [-0.25, -0.2) is 4.39 Å². The summed E-state index contributed by atoms with van der Waals surface area (Å²) in [6, 6.07) is 5.31. The number of nitrogens with zero attached hydrogens (tertiary/aromatic N) is 1. The molecule has 1 fully saturated rings. The van der Waals surface area contributed by atoms with Crippen LogP contribution in [0.5, 0.6) is 0 Å². The van der Waals surface area contributed by atoms with Crippen molar-refractivity contribution >= 4 is 17.5 Å². The highest BCUT2D eigenvalue weighted by Crippen LogP contribution is 2.23. The van der Waals surface area contributed by atoms with Crippen LogP contribution < -0.4 is 5.32 Å². The fourth-order valence-corrected chi connectivity index (χ4v) is 2.31. The van der Waals surface area contributed by atoms with E-state index in [1.807, 2.05) is 11.9 Å². The van der Waals surface area contributed by atoms with E-state index in [2.05, 4.69) is 5.32 Å². The first-order chi connectivity index (χ1) is 9.08. The second-order valence-electron chi connectivity index (χ2n) is 4.99. The molecule has 0 aromatic heterocycles. The third-order valence-corrected chi connectivity index (χ3v) is 3.89. The van der Waals surface area contributed by atoms with E-state index in [9.17, 15) is 9.18 Å². The van der Waals surface area contributed by atoms with Gasteiger partial charge in [-0.3, -0.25) is 9.69 Å². The maximum absolute atomic E-state index is 13.6. The molecule has 19 heavy (non-hydrogen) atoms. The molecule has 0 spiro atoms. The summed E-state index contributed by atoms with van der Waals surface area (Å²) in [7, 11) is 1.95. The van der Waals surface area contributed by atoms with Gasteiger partial charge in [0.15, 0.2) is 0 Å². The number of halogens is 2. The van der Waals surface area contributed by atoms with Crippen molar-refractivity contribution in [3.8, 4) is 0 Å². The summed E-state index contributed by atoms with van der Waals surface area (Å²) in [6.45, 7) is 0.524. The standard InChI is InChI=1S/C14H18ClFN2O/c1-18(11-5-3-6-11)9-13(19)17-8-10-4-2-7-12(15)14(10)16/h2,4,7,11H,3,5-6,8-9H2,1H3,(H,17,19). The maximum atomic E-state index is 13.6. The quantitative estimate of drug-likeness (QED) is 0.901. The molecule has 0 aliphatic heterocycles. The molecule has 0 saturated heterocycles. The van der Waals surface area contributed by atoms with Crippen molar-refractivity contribution in [1.82, 2.24) is 10.2 Å². The number of carbonyl (C=O) groups is 1. The molecule has 5 heteroatoms. The van der Waals surface area contributed by atoms with Gasteiger partial charge in [-0.2, -0.15) is 0 Å². The fraction of sp³-hybridized carbons (Fsp3) is 0.500. The summed E-state index contributed by atoms with van der Waals surface area (Å²) < 4.78 is 13.6. The highest BCUT2D eigenvalue weighted by molar-refractivity contribution is 6.30. The number of likely N-dealkylation sites (N-methyl/N-ethyl adjacent to an activating group) is 1. The van der Waals surface area contributed by atoms with Crippen LogP contribution >= 0.6 is 11.6 Å². The van der Waals surface area contributed by atoms with Gasteiger partial charge in [0, 0.05) is 18.2 Å². The molecular formula is C14H18ClFN2O. The zero-order chi connectivity index (χ0) is 13.8. The van der Waals surface area contributed by atoms with Gasteiger partial charge >= 0.3 is 0 Å². The third-order valence-electron chi connectivity index (χ3n) is 3.60. The molecule has 104 valence electrons. The van der Waals surface area contributed by atoms with E-state index in [1.165, 1.54) is 12.5 Å². The molecule has 2 rings (SSSR count). The molecule has 0 heterocycles. The van der Waals surface area contributed by atoms with Crippen LogP contribution in [-0.2, 0) is 11.3 Å². The number of hydrogen-bond donors (Lipinski definition) is 1. The zero-order valence-electron chi connectivity index (χ0n) is 11.0. The van der Waals surface area contributed by atoms with E-state index >= 15 is 0 Å². The second-order valence-corrected chi connectivity index (χ2v) is 5.40. The first-order valence-electron chi connectivity index (χ1n) is 6.47. The van der Waals surface area contributed by atoms with Crippen molar-refractivity contribution in [3.05, 3.63) is 34.6 Å². The molecule has 1 N–H and O–H groups in total. The number of carbonyl (C=O) groups excluding carboxylic acids is 1. The predicted molar refractivity (Wildman–Crippen MR) is 73.5 cm³/mol. The van der Waals surface area contributed by atoms with Crippen molar-refractivity contribution in [2.75, 3.05) is 13.6 Å². The number of rotatable bonds is 5. The normalized spacial score (nSPS) is 15.4. The van der Waals surface area contributed by atoms with Gasteiger partial charge in [-0.15, -0.1) is 0 Å². The highest BCUT2D eigenvalue weighted by atomic mass is 35.5. The topological polar surface area (TPSA) is 32.3 Å². The van der Waals surface area contributed by atoms with Crippen LogP contribution in [0.15, 0.2) is 18.2 Å². The molecule has 3 nitrogen and oxygen atoms in total. The van der Waals surface area contributed by atoms with E-state index in [-0.39, 0.29) is 17.5 Å². The molecular weight excluding hydrogens is 267 g/mol. The van der Waals surface area contributed by atoms with E-state index in [1.54, 1.807) is 12.1 Å². The van der Waals surface area contributed by atoms with Gasteiger partial charge in [0.05, 0.1) is 11.6 Å². The maximum Gasteiger partial charge on any atom is 0.234 e. The van der Waals surface area contributed by atoms with Crippen molar-refractivity contribution in [3.63, 3.8) is 0 Å². The van der Waals surface area contributed by atoms with Gasteiger partial charge in [0.1, 0.15) is 5.82 Å². The van der Waals surface area contributed by atoms with Crippen molar-refractivity contribution in [2.45, 2.75) is 31.8 Å². The van der Waals surface area contributed by atoms with Crippen LogP contribution in [0.4, 0.5) is 4.39 Å². The van der Waals surface area contributed by atoms with Crippen molar-refractivity contribution in [1.29, 1.82) is 0 Å². The van der Waals surface area contributed by atoms with E-state index in [0.717, 1.165) is 12.8 Å². The second kappa shape index (κ2) is 6.35. The summed E-state index contributed by atoms with van der Waals surface area (Å²) in [5.41, 5.74) is 0.409. The van der Waals surface area contributed by atoms with Crippen molar-refractivity contribution in [2.24, 2.45) is 0 Å². The minimum Gasteiger partial charge on any atom is -0.351 e. The Labute approximate surface area is 117 Å². The lowest BCUT2D eigenvalue weighted by molar-refractivity contribution is -0.123. The van der Waals surface area contributed by atoms with Gasteiger partial charge in [-0.1, -0.05) is 30.2 Å². The van der Waals surface area contributed by atoms with Crippen LogP contribution in [0.1, 0.15) is 24.8 Å². The Hall–Kier alpha value is -1.13. The number of benzene rings is 1. The highest BCUT2D eigenvalue weighted by Gasteiger charge is 2.23. The lowest BCUT2D eigenvalue weighted by Crippen LogP contribution is -2.43. The van der Waals surface area contributed by atoms with Gasteiger partial charge in [0.25, 0.3) is 0 Å². The first kappa shape index (κ1) is 14.3. The average molecular weight is 285 g/mol.